The summed E-state index contributed by atoms with van der Waals surface area (Å²) in [5.74, 6) is 2.10. The molecule has 1 saturated carbocycles. The van der Waals surface area contributed by atoms with Gasteiger partial charge in [0, 0.05) is 11.1 Å². The molecule has 0 aliphatic heterocycles. The fraction of sp³-hybridized carbons (Fsp3) is 0.417. The zero-order valence-electron chi connectivity index (χ0n) is 17.4. The standard InChI is InChI=1S/C24H30N4O/c1-14-10-19(12-20(25)11-14)15(2)26-24-22-13-18(17-4-7-21(29)8-5-17)6-9-23(22)27-16(3)28-24/h6,9-13,15,17,21,29H,4-5,7-8,25H2,1-3H3,(H,26,27,28)/t15-,17?,21?/m1/s1. The number of nitrogens with zero attached hydrogens (tertiary/aromatic N) is 2. The molecule has 29 heavy (non-hydrogen) atoms. The highest BCUT2D eigenvalue weighted by Gasteiger charge is 2.21. The van der Waals surface area contributed by atoms with E-state index in [9.17, 15) is 5.11 Å². The normalized spacial score (nSPS) is 20.6. The van der Waals surface area contributed by atoms with Crippen molar-refractivity contribution in [1.82, 2.24) is 9.97 Å². The first-order valence-corrected chi connectivity index (χ1v) is 10.5. The van der Waals surface area contributed by atoms with Crippen LogP contribution in [0.1, 0.15) is 67.1 Å². The molecule has 1 aliphatic rings. The number of aryl methyl sites for hydroxylation is 2. The lowest BCUT2D eigenvalue weighted by atomic mass is 9.82. The van der Waals surface area contributed by atoms with Crippen LogP contribution in [0.15, 0.2) is 36.4 Å². The fourth-order valence-corrected chi connectivity index (χ4v) is 4.42. The average molecular weight is 391 g/mol. The summed E-state index contributed by atoms with van der Waals surface area (Å²) >= 11 is 0. The molecule has 1 aromatic heterocycles. The van der Waals surface area contributed by atoms with Crippen molar-refractivity contribution in [2.75, 3.05) is 11.1 Å². The van der Waals surface area contributed by atoms with E-state index in [0.717, 1.165) is 65.0 Å². The predicted octanol–water partition coefficient (Wildman–Crippen LogP) is 5.02. The number of hydrogen-bond acceptors (Lipinski definition) is 5. The van der Waals surface area contributed by atoms with Gasteiger partial charge in [-0.05, 0) is 93.3 Å². The number of aliphatic hydroxyl groups is 1. The van der Waals surface area contributed by atoms with Crippen LogP contribution in [-0.2, 0) is 0 Å². The van der Waals surface area contributed by atoms with Gasteiger partial charge in [-0.1, -0.05) is 12.1 Å². The minimum atomic E-state index is -0.141. The summed E-state index contributed by atoms with van der Waals surface area (Å²) in [6.07, 6.45) is 3.67. The van der Waals surface area contributed by atoms with Gasteiger partial charge in [0.2, 0.25) is 0 Å². The highest BCUT2D eigenvalue weighted by molar-refractivity contribution is 5.90. The average Bonchev–Trinajstić information content (AvgIpc) is 2.67. The second-order valence-electron chi connectivity index (χ2n) is 8.44. The van der Waals surface area contributed by atoms with Crippen LogP contribution in [0.5, 0.6) is 0 Å². The van der Waals surface area contributed by atoms with Gasteiger partial charge >= 0.3 is 0 Å². The lowest BCUT2D eigenvalue weighted by Gasteiger charge is -2.26. The predicted molar refractivity (Wildman–Crippen MR) is 119 cm³/mol. The molecule has 1 fully saturated rings. The van der Waals surface area contributed by atoms with Crippen molar-refractivity contribution in [2.45, 2.75) is 64.5 Å². The van der Waals surface area contributed by atoms with Gasteiger partial charge in [-0.3, -0.25) is 0 Å². The van der Waals surface area contributed by atoms with Gasteiger partial charge in [-0.25, -0.2) is 9.97 Å². The molecule has 1 atom stereocenters. The molecule has 0 bridgehead atoms. The Hall–Kier alpha value is -2.66. The van der Waals surface area contributed by atoms with Crippen LogP contribution >= 0.6 is 0 Å². The molecule has 5 nitrogen and oxygen atoms in total. The van der Waals surface area contributed by atoms with Crippen LogP contribution in [0.3, 0.4) is 0 Å². The van der Waals surface area contributed by atoms with Crippen LogP contribution in [-0.4, -0.2) is 21.2 Å². The van der Waals surface area contributed by atoms with E-state index in [-0.39, 0.29) is 12.1 Å². The Labute approximate surface area is 172 Å². The van der Waals surface area contributed by atoms with Gasteiger partial charge in [0.05, 0.1) is 17.7 Å². The molecule has 1 heterocycles. The molecule has 0 unspecified atom stereocenters. The number of fused-ring (bicyclic) bond motifs is 1. The van der Waals surface area contributed by atoms with Crippen LogP contribution in [0, 0.1) is 13.8 Å². The van der Waals surface area contributed by atoms with E-state index in [2.05, 4.69) is 48.4 Å². The summed E-state index contributed by atoms with van der Waals surface area (Å²) in [7, 11) is 0. The molecule has 2 aromatic carbocycles. The summed E-state index contributed by atoms with van der Waals surface area (Å²) in [4.78, 5) is 9.35. The molecule has 0 radical (unpaired) electrons. The number of rotatable bonds is 4. The second-order valence-corrected chi connectivity index (χ2v) is 8.44. The van der Waals surface area contributed by atoms with Crippen molar-refractivity contribution in [1.29, 1.82) is 0 Å². The summed E-state index contributed by atoms with van der Waals surface area (Å²) in [6, 6.07) is 12.7. The van der Waals surface area contributed by atoms with E-state index >= 15 is 0 Å². The molecular formula is C24H30N4O. The minimum absolute atomic E-state index is 0.0724. The molecule has 4 rings (SSSR count). The molecule has 3 aromatic rings. The van der Waals surface area contributed by atoms with E-state index < -0.39 is 0 Å². The quantitative estimate of drug-likeness (QED) is 0.545. The number of aliphatic hydroxyl groups excluding tert-OH is 1. The van der Waals surface area contributed by atoms with Crippen LogP contribution < -0.4 is 11.1 Å². The van der Waals surface area contributed by atoms with E-state index in [1.54, 1.807) is 0 Å². The van der Waals surface area contributed by atoms with Gasteiger partial charge < -0.3 is 16.2 Å². The zero-order valence-corrected chi connectivity index (χ0v) is 17.4. The van der Waals surface area contributed by atoms with Gasteiger partial charge in [-0.15, -0.1) is 0 Å². The third kappa shape index (κ3) is 4.35. The Kier molecular flexibility index (Phi) is 5.41. The van der Waals surface area contributed by atoms with Crippen LogP contribution in [0.4, 0.5) is 11.5 Å². The molecule has 0 spiro atoms. The molecule has 4 N–H and O–H groups in total. The lowest BCUT2D eigenvalue weighted by Crippen LogP contribution is -2.17. The first-order chi connectivity index (χ1) is 13.9. The lowest BCUT2D eigenvalue weighted by molar-refractivity contribution is 0.122. The molecule has 0 saturated heterocycles. The molecule has 0 amide bonds. The zero-order chi connectivity index (χ0) is 20.5. The first kappa shape index (κ1) is 19.6. The number of nitrogens with one attached hydrogen (secondary N) is 1. The molecule has 1 aliphatic carbocycles. The Morgan fingerprint density at radius 2 is 1.79 bits per heavy atom. The van der Waals surface area contributed by atoms with Crippen molar-refractivity contribution >= 4 is 22.4 Å². The topological polar surface area (TPSA) is 84.1 Å². The van der Waals surface area contributed by atoms with Crippen molar-refractivity contribution in [3.05, 3.63) is 58.9 Å². The van der Waals surface area contributed by atoms with E-state index in [1.807, 2.05) is 19.1 Å². The Morgan fingerprint density at radius 1 is 1.03 bits per heavy atom. The van der Waals surface area contributed by atoms with Gasteiger partial charge in [0.1, 0.15) is 11.6 Å². The Balaban J connectivity index is 1.68. The van der Waals surface area contributed by atoms with E-state index in [4.69, 9.17) is 10.7 Å². The van der Waals surface area contributed by atoms with Crippen LogP contribution in [0.2, 0.25) is 0 Å². The highest BCUT2D eigenvalue weighted by Crippen LogP contribution is 2.35. The Bertz CT molecular complexity index is 1000. The van der Waals surface area contributed by atoms with Crippen molar-refractivity contribution < 1.29 is 5.11 Å². The van der Waals surface area contributed by atoms with Crippen molar-refractivity contribution in [3.63, 3.8) is 0 Å². The maximum absolute atomic E-state index is 9.83. The summed E-state index contributed by atoms with van der Waals surface area (Å²) < 4.78 is 0. The summed E-state index contributed by atoms with van der Waals surface area (Å²) in [6.45, 7) is 6.12. The third-order valence-corrected chi connectivity index (χ3v) is 5.97. The summed E-state index contributed by atoms with van der Waals surface area (Å²) in [5, 5.41) is 14.5. The number of nitrogen functional groups attached to an aromatic ring is 1. The third-order valence-electron chi connectivity index (χ3n) is 5.97. The monoisotopic (exact) mass is 390 g/mol. The second kappa shape index (κ2) is 7.99. The molecule has 5 heteroatoms. The van der Waals surface area contributed by atoms with Gasteiger partial charge in [0.25, 0.3) is 0 Å². The van der Waals surface area contributed by atoms with Crippen molar-refractivity contribution in [2.24, 2.45) is 0 Å². The van der Waals surface area contributed by atoms with Crippen molar-refractivity contribution in [3.8, 4) is 0 Å². The van der Waals surface area contributed by atoms with Crippen LogP contribution in [0.25, 0.3) is 10.9 Å². The SMILES string of the molecule is Cc1cc(N)cc([C@@H](C)Nc2nc(C)nc3ccc(C4CCC(O)CC4)cc23)c1. The number of nitrogens with two attached hydrogens (primary N) is 1. The maximum atomic E-state index is 9.83. The first-order valence-electron chi connectivity index (χ1n) is 10.5. The largest absolute Gasteiger partial charge is 0.399 e. The van der Waals surface area contributed by atoms with E-state index in [0.29, 0.717) is 5.92 Å². The number of anilines is 2. The molecular weight excluding hydrogens is 360 g/mol. The number of benzene rings is 2. The minimum Gasteiger partial charge on any atom is -0.399 e. The Morgan fingerprint density at radius 3 is 2.52 bits per heavy atom. The fourth-order valence-electron chi connectivity index (χ4n) is 4.42. The van der Waals surface area contributed by atoms with Gasteiger partial charge in [0.15, 0.2) is 0 Å². The smallest absolute Gasteiger partial charge is 0.138 e. The maximum Gasteiger partial charge on any atom is 0.138 e. The van der Waals surface area contributed by atoms with E-state index in [1.165, 1.54) is 5.56 Å². The number of hydrogen-bond donors (Lipinski definition) is 3. The highest BCUT2D eigenvalue weighted by atomic mass is 16.3. The summed E-state index contributed by atoms with van der Waals surface area (Å²) in [5.41, 5.74) is 11.4. The molecule has 152 valence electrons. The van der Waals surface area contributed by atoms with Gasteiger partial charge in [-0.2, -0.15) is 0 Å². The number of aromatic nitrogens is 2.